The number of primary amides is 1. The number of hydrogen-bond donors (Lipinski definition) is 3. The molecule has 3 aromatic rings. The zero-order valence-electron chi connectivity index (χ0n) is 11.9. The summed E-state index contributed by atoms with van der Waals surface area (Å²) in [5, 5.41) is 9.83. The summed E-state index contributed by atoms with van der Waals surface area (Å²) >= 11 is 0. The number of benzene rings is 2. The highest BCUT2D eigenvalue weighted by Gasteiger charge is 2.12. The van der Waals surface area contributed by atoms with Gasteiger partial charge in [-0.15, -0.1) is 0 Å². The fraction of sp³-hybridized carbons (Fsp3) is 0.0588. The molecule has 5 heteroatoms. The minimum absolute atomic E-state index is 0.131. The van der Waals surface area contributed by atoms with Crippen molar-refractivity contribution in [3.05, 3.63) is 59.3 Å². The van der Waals surface area contributed by atoms with Crippen molar-refractivity contribution in [3.63, 3.8) is 0 Å². The van der Waals surface area contributed by atoms with Gasteiger partial charge in [-0.2, -0.15) is 0 Å². The smallest absolute Gasteiger partial charge is 0.352 e. The average Bonchev–Trinajstić information content (AvgIpc) is 2.90. The Labute approximate surface area is 126 Å². The lowest BCUT2D eigenvalue weighted by Crippen LogP contribution is -2.12. The molecule has 0 atom stereocenters. The van der Waals surface area contributed by atoms with Gasteiger partial charge in [0.05, 0.1) is 0 Å². The van der Waals surface area contributed by atoms with Gasteiger partial charge in [0.2, 0.25) is 5.91 Å². The Morgan fingerprint density at radius 1 is 1.09 bits per heavy atom. The van der Waals surface area contributed by atoms with Crippen LogP contribution in [-0.4, -0.2) is 22.0 Å². The lowest BCUT2D eigenvalue weighted by Gasteiger charge is -2.08. The van der Waals surface area contributed by atoms with Crippen molar-refractivity contribution in [3.8, 4) is 11.1 Å². The number of hydrogen-bond acceptors (Lipinski definition) is 2. The summed E-state index contributed by atoms with van der Waals surface area (Å²) < 4.78 is 0. The molecule has 0 bridgehead atoms. The monoisotopic (exact) mass is 294 g/mol. The van der Waals surface area contributed by atoms with Gasteiger partial charge in [-0.05, 0) is 36.2 Å². The van der Waals surface area contributed by atoms with Gasteiger partial charge in [0.1, 0.15) is 5.69 Å². The molecule has 0 aliphatic heterocycles. The fourth-order valence-corrected chi connectivity index (χ4v) is 2.52. The molecule has 0 saturated heterocycles. The molecule has 110 valence electrons. The van der Waals surface area contributed by atoms with Gasteiger partial charge < -0.3 is 15.8 Å². The number of amides is 1. The van der Waals surface area contributed by atoms with E-state index in [2.05, 4.69) is 4.98 Å². The van der Waals surface area contributed by atoms with Gasteiger partial charge in [-0.25, -0.2) is 4.79 Å². The number of carbonyl (C=O) groups is 2. The van der Waals surface area contributed by atoms with E-state index >= 15 is 0 Å². The molecule has 0 aliphatic rings. The number of rotatable bonds is 3. The van der Waals surface area contributed by atoms with Gasteiger partial charge in [0.25, 0.3) is 0 Å². The topological polar surface area (TPSA) is 96.2 Å². The second-order valence-electron chi connectivity index (χ2n) is 5.20. The number of carbonyl (C=O) groups excluding carboxylic acids is 1. The van der Waals surface area contributed by atoms with Crippen LogP contribution in [0.3, 0.4) is 0 Å². The van der Waals surface area contributed by atoms with E-state index in [1.165, 1.54) is 0 Å². The van der Waals surface area contributed by atoms with Crippen molar-refractivity contribution in [2.24, 2.45) is 5.73 Å². The van der Waals surface area contributed by atoms with Gasteiger partial charge in [0, 0.05) is 16.5 Å². The normalized spacial score (nSPS) is 10.8. The number of aromatic amines is 1. The molecule has 0 aliphatic carbocycles. The molecular formula is C17H14N2O3. The number of fused-ring (bicyclic) bond motifs is 1. The van der Waals surface area contributed by atoms with E-state index in [-0.39, 0.29) is 5.69 Å². The lowest BCUT2D eigenvalue weighted by atomic mass is 9.97. The van der Waals surface area contributed by atoms with Crippen LogP contribution in [0.5, 0.6) is 0 Å². The van der Waals surface area contributed by atoms with Gasteiger partial charge in [-0.1, -0.05) is 29.8 Å². The van der Waals surface area contributed by atoms with Crippen LogP contribution in [0.1, 0.15) is 26.4 Å². The first-order chi connectivity index (χ1) is 10.5. The second-order valence-corrected chi connectivity index (χ2v) is 5.20. The van der Waals surface area contributed by atoms with Crippen LogP contribution in [0, 0.1) is 6.92 Å². The van der Waals surface area contributed by atoms with E-state index in [4.69, 9.17) is 10.8 Å². The molecule has 4 N–H and O–H groups in total. The largest absolute Gasteiger partial charge is 0.477 e. The SMILES string of the molecule is Cc1ccc(-c2ccc3cc(C(=O)O)[nH]c3c2)c(C(N)=O)c1. The molecule has 22 heavy (non-hydrogen) atoms. The Kier molecular flexibility index (Phi) is 3.18. The van der Waals surface area contributed by atoms with Crippen LogP contribution >= 0.6 is 0 Å². The molecule has 0 saturated carbocycles. The maximum absolute atomic E-state index is 11.6. The van der Waals surface area contributed by atoms with E-state index in [0.29, 0.717) is 11.1 Å². The second kappa shape index (κ2) is 5.04. The zero-order valence-corrected chi connectivity index (χ0v) is 11.9. The minimum Gasteiger partial charge on any atom is -0.477 e. The molecule has 1 aromatic heterocycles. The molecule has 3 rings (SSSR count). The zero-order chi connectivity index (χ0) is 15.9. The van der Waals surface area contributed by atoms with Crippen LogP contribution in [0.25, 0.3) is 22.0 Å². The molecule has 2 aromatic carbocycles. The summed E-state index contributed by atoms with van der Waals surface area (Å²) in [6.45, 7) is 1.89. The molecule has 1 heterocycles. The summed E-state index contributed by atoms with van der Waals surface area (Å²) in [4.78, 5) is 25.5. The quantitative estimate of drug-likeness (QED) is 0.693. The van der Waals surface area contributed by atoms with E-state index in [1.807, 2.05) is 37.3 Å². The van der Waals surface area contributed by atoms with Crippen molar-refractivity contribution in [2.75, 3.05) is 0 Å². The van der Waals surface area contributed by atoms with Gasteiger partial charge in [0.15, 0.2) is 0 Å². The lowest BCUT2D eigenvalue weighted by molar-refractivity contribution is 0.0691. The first-order valence-corrected chi connectivity index (χ1v) is 6.72. The van der Waals surface area contributed by atoms with Crippen molar-refractivity contribution >= 4 is 22.8 Å². The van der Waals surface area contributed by atoms with E-state index in [9.17, 15) is 9.59 Å². The number of carboxylic acids is 1. The number of nitrogens with one attached hydrogen (secondary N) is 1. The molecule has 0 radical (unpaired) electrons. The standard InChI is InChI=1S/C17H14N2O3/c1-9-2-5-12(13(6-9)16(18)20)10-3-4-11-8-15(17(21)22)19-14(11)7-10/h2-8,19H,1H3,(H2,18,20)(H,21,22). The fourth-order valence-electron chi connectivity index (χ4n) is 2.52. The van der Waals surface area contributed by atoms with Crippen molar-refractivity contribution in [1.82, 2.24) is 4.98 Å². The van der Waals surface area contributed by atoms with Crippen LogP contribution < -0.4 is 5.73 Å². The first kappa shape index (κ1) is 13.9. The van der Waals surface area contributed by atoms with Crippen LogP contribution in [-0.2, 0) is 0 Å². The maximum atomic E-state index is 11.6. The molecule has 0 fully saturated rings. The van der Waals surface area contributed by atoms with E-state index in [1.54, 1.807) is 12.1 Å². The van der Waals surface area contributed by atoms with Crippen LogP contribution in [0.2, 0.25) is 0 Å². The Balaban J connectivity index is 2.18. The molecule has 5 nitrogen and oxygen atoms in total. The van der Waals surface area contributed by atoms with Crippen molar-refractivity contribution in [1.29, 1.82) is 0 Å². The summed E-state index contributed by atoms with van der Waals surface area (Å²) in [5.41, 5.74) is 9.22. The number of aromatic nitrogens is 1. The molecule has 0 spiro atoms. The maximum Gasteiger partial charge on any atom is 0.352 e. The predicted octanol–water partition coefficient (Wildman–Crippen LogP) is 2.94. The first-order valence-electron chi connectivity index (χ1n) is 6.72. The van der Waals surface area contributed by atoms with E-state index < -0.39 is 11.9 Å². The Hall–Kier alpha value is -3.08. The molecular weight excluding hydrogens is 280 g/mol. The summed E-state index contributed by atoms with van der Waals surface area (Å²) in [6.07, 6.45) is 0. The number of aromatic carboxylic acids is 1. The number of H-pyrrole nitrogens is 1. The third kappa shape index (κ3) is 2.33. The van der Waals surface area contributed by atoms with Crippen molar-refractivity contribution in [2.45, 2.75) is 6.92 Å². The van der Waals surface area contributed by atoms with Crippen molar-refractivity contribution < 1.29 is 14.7 Å². The average molecular weight is 294 g/mol. The summed E-state index contributed by atoms with van der Waals surface area (Å²) in [5.74, 6) is -1.50. The van der Waals surface area contributed by atoms with Crippen LogP contribution in [0.4, 0.5) is 0 Å². The molecule has 1 amide bonds. The highest BCUT2D eigenvalue weighted by molar-refractivity contribution is 6.01. The minimum atomic E-state index is -1.01. The third-order valence-electron chi connectivity index (χ3n) is 3.60. The highest BCUT2D eigenvalue weighted by atomic mass is 16.4. The summed E-state index contributed by atoms with van der Waals surface area (Å²) in [6, 6.07) is 12.6. The Morgan fingerprint density at radius 2 is 1.86 bits per heavy atom. The highest BCUT2D eigenvalue weighted by Crippen LogP contribution is 2.28. The van der Waals surface area contributed by atoms with Crippen LogP contribution in [0.15, 0.2) is 42.5 Å². The Morgan fingerprint density at radius 3 is 2.55 bits per heavy atom. The van der Waals surface area contributed by atoms with E-state index in [0.717, 1.165) is 22.1 Å². The Bertz CT molecular complexity index is 909. The predicted molar refractivity (Wildman–Crippen MR) is 83.9 cm³/mol. The van der Waals surface area contributed by atoms with Gasteiger partial charge >= 0.3 is 5.97 Å². The number of aryl methyl sites for hydroxylation is 1. The van der Waals surface area contributed by atoms with Gasteiger partial charge in [-0.3, -0.25) is 4.79 Å². The number of nitrogens with two attached hydrogens (primary N) is 1. The third-order valence-corrected chi connectivity index (χ3v) is 3.60. The molecule has 0 unspecified atom stereocenters. The number of carboxylic acid groups (broad SMARTS) is 1. The summed E-state index contributed by atoms with van der Waals surface area (Å²) in [7, 11) is 0.